The highest BCUT2D eigenvalue weighted by Crippen LogP contribution is 2.28. The third kappa shape index (κ3) is 4.74. The maximum Gasteiger partial charge on any atom is 0.123 e. The van der Waals surface area contributed by atoms with Gasteiger partial charge >= 0.3 is 0 Å². The fraction of sp³-hybridized carbons (Fsp3) is 0.296. The van der Waals surface area contributed by atoms with Gasteiger partial charge < -0.3 is 14.0 Å². The summed E-state index contributed by atoms with van der Waals surface area (Å²) in [4.78, 5) is 4.91. The van der Waals surface area contributed by atoms with Crippen LogP contribution in [0.3, 0.4) is 0 Å². The second kappa shape index (κ2) is 9.25. The van der Waals surface area contributed by atoms with Crippen molar-refractivity contribution in [1.29, 1.82) is 0 Å². The van der Waals surface area contributed by atoms with E-state index in [1.165, 1.54) is 16.7 Å². The van der Waals surface area contributed by atoms with E-state index in [-0.39, 0.29) is 0 Å². The minimum Gasteiger partial charge on any atom is -0.497 e. The number of methoxy groups -OCH3 is 1. The van der Waals surface area contributed by atoms with Gasteiger partial charge in [0.2, 0.25) is 0 Å². The van der Waals surface area contributed by atoms with Crippen LogP contribution in [0.15, 0.2) is 66.7 Å². The second-order valence-corrected chi connectivity index (χ2v) is 8.24. The molecule has 0 aliphatic heterocycles. The Bertz CT molecular complexity index is 1160. The lowest BCUT2D eigenvalue weighted by molar-refractivity contribution is 0.294. The standard InChI is InChI=1S/C27H30N2O2/c1-19(2)23-14-9-20(3)17-26(23)31-16-15-29-25-8-6-5-7-24(25)28-27(29)18-21-10-12-22(30-4)13-11-21/h5-14,17,19H,15-16,18H2,1-4H3. The lowest BCUT2D eigenvalue weighted by atomic mass is 10.0. The van der Waals surface area contributed by atoms with E-state index in [1.54, 1.807) is 7.11 Å². The molecule has 4 heteroatoms. The summed E-state index contributed by atoms with van der Waals surface area (Å²) in [6.45, 7) is 7.85. The van der Waals surface area contributed by atoms with Gasteiger partial charge in [0.1, 0.15) is 23.9 Å². The van der Waals surface area contributed by atoms with Crippen molar-refractivity contribution in [2.24, 2.45) is 0 Å². The van der Waals surface area contributed by atoms with Crippen molar-refractivity contribution in [1.82, 2.24) is 9.55 Å². The molecule has 0 radical (unpaired) electrons. The van der Waals surface area contributed by atoms with Crippen molar-refractivity contribution >= 4 is 11.0 Å². The average Bonchev–Trinajstić information content (AvgIpc) is 3.11. The Morgan fingerprint density at radius 2 is 1.74 bits per heavy atom. The number of nitrogens with zero attached hydrogens (tertiary/aromatic N) is 2. The van der Waals surface area contributed by atoms with E-state index in [9.17, 15) is 0 Å². The number of imidazole rings is 1. The van der Waals surface area contributed by atoms with Crippen LogP contribution in [0.1, 0.15) is 42.3 Å². The van der Waals surface area contributed by atoms with Crippen LogP contribution in [0.2, 0.25) is 0 Å². The van der Waals surface area contributed by atoms with Crippen LogP contribution in [0.5, 0.6) is 11.5 Å². The molecule has 0 spiro atoms. The summed E-state index contributed by atoms with van der Waals surface area (Å²) < 4.78 is 13.8. The van der Waals surface area contributed by atoms with Gasteiger partial charge in [0.25, 0.3) is 0 Å². The first-order valence-electron chi connectivity index (χ1n) is 10.9. The van der Waals surface area contributed by atoms with E-state index in [2.05, 4.69) is 73.9 Å². The SMILES string of the molecule is COc1ccc(Cc2nc3ccccc3n2CCOc2cc(C)ccc2C(C)C)cc1. The Labute approximate surface area is 184 Å². The molecular formula is C27H30N2O2. The maximum atomic E-state index is 6.27. The van der Waals surface area contributed by atoms with Crippen molar-refractivity contribution in [2.75, 3.05) is 13.7 Å². The fourth-order valence-corrected chi connectivity index (χ4v) is 3.93. The van der Waals surface area contributed by atoms with Gasteiger partial charge in [-0.2, -0.15) is 0 Å². The summed E-state index contributed by atoms with van der Waals surface area (Å²) in [5, 5.41) is 0. The minimum atomic E-state index is 0.426. The monoisotopic (exact) mass is 414 g/mol. The number of hydrogen-bond acceptors (Lipinski definition) is 3. The van der Waals surface area contributed by atoms with Crippen molar-refractivity contribution in [2.45, 2.75) is 39.7 Å². The third-order valence-electron chi connectivity index (χ3n) is 5.62. The summed E-state index contributed by atoms with van der Waals surface area (Å²) >= 11 is 0. The van der Waals surface area contributed by atoms with E-state index in [4.69, 9.17) is 14.5 Å². The molecule has 0 fully saturated rings. The summed E-state index contributed by atoms with van der Waals surface area (Å²) in [6, 6.07) is 23.0. The molecule has 0 aliphatic carbocycles. The molecule has 0 amide bonds. The lowest BCUT2D eigenvalue weighted by Crippen LogP contribution is -2.12. The normalized spacial score (nSPS) is 11.3. The van der Waals surface area contributed by atoms with Gasteiger partial charge in [0.05, 0.1) is 24.7 Å². The van der Waals surface area contributed by atoms with Gasteiger partial charge in [-0.15, -0.1) is 0 Å². The summed E-state index contributed by atoms with van der Waals surface area (Å²) in [6.07, 6.45) is 0.764. The van der Waals surface area contributed by atoms with Crippen molar-refractivity contribution in [3.8, 4) is 11.5 Å². The van der Waals surface area contributed by atoms with Crippen LogP contribution < -0.4 is 9.47 Å². The topological polar surface area (TPSA) is 36.3 Å². The number of ether oxygens (including phenoxy) is 2. The lowest BCUT2D eigenvalue weighted by Gasteiger charge is -2.16. The zero-order chi connectivity index (χ0) is 21.8. The molecule has 0 saturated heterocycles. The smallest absolute Gasteiger partial charge is 0.123 e. The van der Waals surface area contributed by atoms with E-state index < -0.39 is 0 Å². The van der Waals surface area contributed by atoms with Gasteiger partial charge in [-0.05, 0) is 59.9 Å². The number of benzene rings is 3. The first-order chi connectivity index (χ1) is 15.0. The molecule has 0 saturated carbocycles. The van der Waals surface area contributed by atoms with E-state index >= 15 is 0 Å². The van der Waals surface area contributed by atoms with Gasteiger partial charge in [0, 0.05) is 6.42 Å². The van der Waals surface area contributed by atoms with Crippen molar-refractivity contribution in [3.05, 3.63) is 89.2 Å². The number of fused-ring (bicyclic) bond motifs is 1. The minimum absolute atomic E-state index is 0.426. The average molecular weight is 415 g/mol. The molecule has 0 aliphatic rings. The van der Waals surface area contributed by atoms with Gasteiger partial charge in [-0.25, -0.2) is 4.98 Å². The Morgan fingerprint density at radius 3 is 2.48 bits per heavy atom. The van der Waals surface area contributed by atoms with Crippen LogP contribution in [-0.2, 0) is 13.0 Å². The van der Waals surface area contributed by atoms with Crippen LogP contribution in [-0.4, -0.2) is 23.3 Å². The van der Waals surface area contributed by atoms with Gasteiger partial charge in [0.15, 0.2) is 0 Å². The molecule has 0 unspecified atom stereocenters. The Hall–Kier alpha value is -3.27. The third-order valence-corrected chi connectivity index (χ3v) is 5.62. The molecule has 3 aromatic carbocycles. The van der Waals surface area contributed by atoms with E-state index in [1.807, 2.05) is 18.2 Å². The molecule has 31 heavy (non-hydrogen) atoms. The van der Waals surface area contributed by atoms with Gasteiger partial charge in [-0.1, -0.05) is 50.2 Å². The van der Waals surface area contributed by atoms with Crippen LogP contribution in [0.4, 0.5) is 0 Å². The molecule has 1 heterocycles. The summed E-state index contributed by atoms with van der Waals surface area (Å²) in [5.41, 5.74) is 5.83. The van der Waals surface area contributed by atoms with E-state index in [0.29, 0.717) is 12.5 Å². The fourth-order valence-electron chi connectivity index (χ4n) is 3.93. The number of aryl methyl sites for hydroxylation is 1. The predicted octanol–water partition coefficient (Wildman–Crippen LogP) is 6.15. The number of aromatic nitrogens is 2. The maximum absolute atomic E-state index is 6.27. The first kappa shape index (κ1) is 21.0. The number of para-hydroxylation sites is 2. The van der Waals surface area contributed by atoms with Crippen LogP contribution >= 0.6 is 0 Å². The second-order valence-electron chi connectivity index (χ2n) is 8.24. The highest BCUT2D eigenvalue weighted by atomic mass is 16.5. The molecule has 0 bridgehead atoms. The molecule has 160 valence electrons. The zero-order valence-electron chi connectivity index (χ0n) is 18.8. The number of hydrogen-bond donors (Lipinski definition) is 0. The molecule has 0 N–H and O–H groups in total. The molecule has 1 aromatic heterocycles. The summed E-state index contributed by atoms with van der Waals surface area (Å²) in [5.74, 6) is 3.32. The molecule has 4 rings (SSSR count). The first-order valence-corrected chi connectivity index (χ1v) is 10.9. The number of rotatable bonds is 8. The highest BCUT2D eigenvalue weighted by molar-refractivity contribution is 5.76. The van der Waals surface area contributed by atoms with E-state index in [0.717, 1.165) is 41.3 Å². The van der Waals surface area contributed by atoms with Gasteiger partial charge in [-0.3, -0.25) is 0 Å². The highest BCUT2D eigenvalue weighted by Gasteiger charge is 2.13. The predicted molar refractivity (Wildman–Crippen MR) is 126 cm³/mol. The molecular weight excluding hydrogens is 384 g/mol. The molecule has 4 aromatic rings. The Morgan fingerprint density at radius 1 is 0.968 bits per heavy atom. The summed E-state index contributed by atoms with van der Waals surface area (Å²) in [7, 11) is 1.69. The molecule has 4 nitrogen and oxygen atoms in total. The Kier molecular flexibility index (Phi) is 6.26. The Balaban J connectivity index is 1.57. The van der Waals surface area contributed by atoms with Crippen molar-refractivity contribution in [3.63, 3.8) is 0 Å². The largest absolute Gasteiger partial charge is 0.497 e. The van der Waals surface area contributed by atoms with Crippen LogP contribution in [0, 0.1) is 6.92 Å². The van der Waals surface area contributed by atoms with Crippen molar-refractivity contribution < 1.29 is 9.47 Å². The van der Waals surface area contributed by atoms with Crippen LogP contribution in [0.25, 0.3) is 11.0 Å². The quantitative estimate of drug-likeness (QED) is 0.347. The zero-order valence-corrected chi connectivity index (χ0v) is 18.8. The molecule has 0 atom stereocenters.